The molecule has 0 aromatic carbocycles. The maximum Gasteiger partial charge on any atom is 0.367 e. The lowest BCUT2D eigenvalue weighted by Gasteiger charge is -2.31. The molecule has 0 bridgehead atoms. The van der Waals surface area contributed by atoms with Crippen LogP contribution in [0.3, 0.4) is 0 Å². The summed E-state index contributed by atoms with van der Waals surface area (Å²) in [5.41, 5.74) is 0. The van der Waals surface area contributed by atoms with E-state index >= 15 is 0 Å². The largest absolute Gasteiger partial charge is 0.367 e. The highest BCUT2D eigenvalue weighted by atomic mass is 31.2. The summed E-state index contributed by atoms with van der Waals surface area (Å²) in [6.45, 7) is 3.66. The van der Waals surface area contributed by atoms with Gasteiger partial charge in [-0.25, -0.2) is 0 Å². The Morgan fingerprint density at radius 1 is 1.36 bits per heavy atom. The van der Waals surface area contributed by atoms with E-state index in [1.807, 2.05) is 0 Å². The summed E-state index contributed by atoms with van der Waals surface area (Å²) < 4.78 is 29.6. The summed E-state index contributed by atoms with van der Waals surface area (Å²) in [7, 11) is -3.79. The lowest BCUT2D eigenvalue weighted by Crippen LogP contribution is -2.26. The van der Waals surface area contributed by atoms with Crippen LogP contribution in [0.1, 0.15) is 46.0 Å². The fourth-order valence-corrected chi connectivity index (χ4v) is 2.89. The van der Waals surface area contributed by atoms with Gasteiger partial charge in [-0.1, -0.05) is 33.1 Å². The predicted octanol–water partition coefficient (Wildman–Crippen LogP) is 4.15. The van der Waals surface area contributed by atoms with Crippen LogP contribution < -0.4 is 0 Å². The normalized spacial score (nSPS) is 32.5. The van der Waals surface area contributed by atoms with Gasteiger partial charge in [-0.15, -0.1) is 0 Å². The highest BCUT2D eigenvalue weighted by Gasteiger charge is 2.31. The maximum atomic E-state index is 13.2. The average Bonchev–Trinajstić information content (AvgIpc) is 2.18. The third-order valence-corrected chi connectivity index (χ3v) is 4.38. The van der Waals surface area contributed by atoms with Crippen LogP contribution in [0.25, 0.3) is 0 Å². The van der Waals surface area contributed by atoms with Gasteiger partial charge < -0.3 is 4.52 Å². The second kappa shape index (κ2) is 5.27. The van der Waals surface area contributed by atoms with Gasteiger partial charge in [-0.2, -0.15) is 4.20 Å². The van der Waals surface area contributed by atoms with E-state index in [1.165, 1.54) is 6.42 Å². The molecule has 1 fully saturated rings. The van der Waals surface area contributed by atoms with Crippen LogP contribution >= 0.6 is 7.68 Å². The highest BCUT2D eigenvalue weighted by molar-refractivity contribution is 7.53. The molecule has 0 aromatic heterocycles. The van der Waals surface area contributed by atoms with Crippen molar-refractivity contribution in [1.82, 2.24) is 0 Å². The Bertz CT molecular complexity index is 220. The fraction of sp³-hybridized carbons (Fsp3) is 1.00. The van der Waals surface area contributed by atoms with E-state index in [-0.39, 0.29) is 12.3 Å². The Morgan fingerprint density at radius 2 is 2.00 bits per heavy atom. The number of hydrogen-bond acceptors (Lipinski definition) is 2. The molecule has 3 atom stereocenters. The first kappa shape index (κ1) is 12.2. The third-order valence-electron chi connectivity index (χ3n) is 3.03. The van der Waals surface area contributed by atoms with E-state index in [1.54, 1.807) is 6.92 Å². The van der Waals surface area contributed by atoms with Crippen LogP contribution in [0.4, 0.5) is 4.20 Å². The maximum absolute atomic E-state index is 13.2. The SMILES string of the molecule is CCC1CCCCC1OP(=O)(F)CC. The lowest BCUT2D eigenvalue weighted by molar-refractivity contribution is 0.0853. The summed E-state index contributed by atoms with van der Waals surface area (Å²) in [5, 5.41) is 0. The monoisotopic (exact) mass is 222 g/mol. The van der Waals surface area contributed by atoms with E-state index in [0.717, 1.165) is 25.7 Å². The minimum Gasteiger partial charge on any atom is -0.302 e. The molecule has 3 unspecified atom stereocenters. The lowest BCUT2D eigenvalue weighted by atomic mass is 9.85. The molecule has 1 rings (SSSR count). The molecule has 0 N–H and O–H groups in total. The van der Waals surface area contributed by atoms with Crippen molar-refractivity contribution < 1.29 is 13.3 Å². The topological polar surface area (TPSA) is 26.3 Å². The van der Waals surface area contributed by atoms with Crippen molar-refractivity contribution in [3.8, 4) is 0 Å². The Labute approximate surface area is 85.8 Å². The number of halogens is 1. The number of hydrogen-bond donors (Lipinski definition) is 0. The molecular weight excluding hydrogens is 202 g/mol. The van der Waals surface area contributed by atoms with Gasteiger partial charge in [-0.05, 0) is 18.8 Å². The van der Waals surface area contributed by atoms with Crippen molar-refractivity contribution in [3.63, 3.8) is 0 Å². The minimum atomic E-state index is -3.79. The number of rotatable bonds is 4. The summed E-state index contributed by atoms with van der Waals surface area (Å²) in [6, 6.07) is 0. The first-order valence-corrected chi connectivity index (χ1v) is 7.26. The van der Waals surface area contributed by atoms with Gasteiger partial charge in [0, 0.05) is 0 Å². The van der Waals surface area contributed by atoms with Crippen LogP contribution in [0, 0.1) is 5.92 Å². The smallest absolute Gasteiger partial charge is 0.302 e. The zero-order valence-electron chi connectivity index (χ0n) is 9.04. The molecule has 1 saturated carbocycles. The van der Waals surface area contributed by atoms with Crippen molar-refractivity contribution in [3.05, 3.63) is 0 Å². The van der Waals surface area contributed by atoms with Gasteiger partial charge >= 0.3 is 7.68 Å². The van der Waals surface area contributed by atoms with Gasteiger partial charge in [0.25, 0.3) is 0 Å². The van der Waals surface area contributed by atoms with E-state index in [0.29, 0.717) is 5.92 Å². The van der Waals surface area contributed by atoms with Crippen LogP contribution in [0.15, 0.2) is 0 Å². The Morgan fingerprint density at radius 3 is 2.57 bits per heavy atom. The molecule has 84 valence electrons. The quantitative estimate of drug-likeness (QED) is 0.668. The molecule has 0 radical (unpaired) electrons. The van der Waals surface area contributed by atoms with Crippen molar-refractivity contribution in [1.29, 1.82) is 0 Å². The van der Waals surface area contributed by atoms with Crippen molar-refractivity contribution in [2.24, 2.45) is 5.92 Å². The van der Waals surface area contributed by atoms with E-state index in [9.17, 15) is 8.76 Å². The van der Waals surface area contributed by atoms with Gasteiger partial charge in [0.1, 0.15) is 0 Å². The van der Waals surface area contributed by atoms with Crippen molar-refractivity contribution >= 4 is 7.68 Å². The Balaban J connectivity index is 2.52. The van der Waals surface area contributed by atoms with Crippen molar-refractivity contribution in [2.75, 3.05) is 6.16 Å². The third kappa shape index (κ3) is 3.36. The highest BCUT2D eigenvalue weighted by Crippen LogP contribution is 2.51. The minimum absolute atomic E-state index is 0.0000652. The van der Waals surface area contributed by atoms with Gasteiger partial charge in [0.15, 0.2) is 0 Å². The summed E-state index contributed by atoms with van der Waals surface area (Å²) in [5.74, 6) is 0.402. The average molecular weight is 222 g/mol. The molecule has 14 heavy (non-hydrogen) atoms. The van der Waals surface area contributed by atoms with Crippen LogP contribution in [-0.4, -0.2) is 12.3 Å². The molecule has 1 aliphatic rings. The molecular formula is C10H20FO2P. The van der Waals surface area contributed by atoms with E-state index < -0.39 is 7.68 Å². The van der Waals surface area contributed by atoms with Crippen LogP contribution in [0.2, 0.25) is 0 Å². The first-order chi connectivity index (χ1) is 6.59. The second-order valence-electron chi connectivity index (χ2n) is 4.00. The first-order valence-electron chi connectivity index (χ1n) is 5.56. The van der Waals surface area contributed by atoms with E-state index in [2.05, 4.69) is 6.92 Å². The summed E-state index contributed by atoms with van der Waals surface area (Å²) in [4.78, 5) is 0. The summed E-state index contributed by atoms with van der Waals surface area (Å²) >= 11 is 0. The van der Waals surface area contributed by atoms with Gasteiger partial charge in [0.05, 0.1) is 12.3 Å². The molecule has 4 heteroatoms. The zero-order chi connectivity index (χ0) is 10.6. The van der Waals surface area contributed by atoms with Crippen LogP contribution in [0.5, 0.6) is 0 Å². The molecule has 0 aromatic rings. The van der Waals surface area contributed by atoms with Gasteiger partial charge in [-0.3, -0.25) is 4.57 Å². The van der Waals surface area contributed by atoms with E-state index in [4.69, 9.17) is 4.52 Å². The molecule has 0 aliphatic heterocycles. The Kier molecular flexibility index (Phi) is 4.59. The molecule has 0 spiro atoms. The van der Waals surface area contributed by atoms with Crippen molar-refractivity contribution in [2.45, 2.75) is 52.1 Å². The molecule has 0 amide bonds. The molecule has 0 saturated heterocycles. The predicted molar refractivity (Wildman–Crippen MR) is 56.4 cm³/mol. The molecule has 0 heterocycles. The standard InChI is InChI=1S/C10H20FO2P/c1-3-9-7-5-6-8-10(9)13-14(11,12)4-2/h9-10H,3-8H2,1-2H3. The molecule has 1 aliphatic carbocycles. The van der Waals surface area contributed by atoms with Crippen LogP contribution in [-0.2, 0) is 9.09 Å². The summed E-state index contributed by atoms with van der Waals surface area (Å²) in [6.07, 6.45) is 5.11. The zero-order valence-corrected chi connectivity index (χ0v) is 9.93. The second-order valence-corrected chi connectivity index (χ2v) is 6.03. The fourth-order valence-electron chi connectivity index (χ4n) is 2.06. The Hall–Kier alpha value is 0.120. The molecule has 2 nitrogen and oxygen atoms in total. The van der Waals surface area contributed by atoms with Gasteiger partial charge in [0.2, 0.25) is 0 Å².